The van der Waals surface area contributed by atoms with E-state index in [9.17, 15) is 18.4 Å². The first kappa shape index (κ1) is 46.8. The smallest absolute Gasteiger partial charge is 0.251 e. The van der Waals surface area contributed by atoms with E-state index in [2.05, 4.69) is 30.4 Å². The van der Waals surface area contributed by atoms with Gasteiger partial charge < -0.3 is 58.0 Å². The van der Waals surface area contributed by atoms with Crippen molar-refractivity contribution in [2.75, 3.05) is 79.9 Å². The Kier molecular flexibility index (Phi) is 14.9. The van der Waals surface area contributed by atoms with E-state index in [1.54, 1.807) is 33.7 Å². The molecule has 4 aliphatic heterocycles. The number of nitrogens with zero attached hydrogens (tertiary/aromatic N) is 6. The first-order chi connectivity index (χ1) is 33.2. The Labute approximate surface area is 392 Å². The lowest BCUT2D eigenvalue weighted by Crippen LogP contribution is -2.43. The molecular weight excluding hydrogens is 879 g/mol. The number of ether oxygens (including phenoxy) is 6. The van der Waals surface area contributed by atoms with Crippen molar-refractivity contribution in [3.05, 3.63) is 117 Å². The summed E-state index contributed by atoms with van der Waals surface area (Å²) < 4.78 is 64.6. The van der Waals surface area contributed by atoms with E-state index in [1.165, 1.54) is 50.6 Å². The minimum atomic E-state index is -0.414. The largest absolute Gasteiger partial charge is 0.497 e. The molecule has 0 unspecified atom stereocenters. The van der Waals surface area contributed by atoms with Crippen molar-refractivity contribution in [2.24, 2.45) is 0 Å². The number of methoxy groups -OCH3 is 2. The normalized spacial score (nSPS) is 16.6. The molecule has 0 radical (unpaired) electrons. The third kappa shape index (κ3) is 11.2. The van der Waals surface area contributed by atoms with Gasteiger partial charge in [-0.1, -0.05) is 0 Å². The molecule has 10 rings (SSSR count). The molecule has 0 amide bonds. The molecule has 68 heavy (non-hydrogen) atoms. The fourth-order valence-electron chi connectivity index (χ4n) is 9.29. The van der Waals surface area contributed by atoms with Crippen molar-refractivity contribution < 1.29 is 37.2 Å². The van der Waals surface area contributed by atoms with Crippen LogP contribution in [-0.4, -0.2) is 121 Å². The zero-order valence-corrected chi connectivity index (χ0v) is 38.5. The van der Waals surface area contributed by atoms with Crippen LogP contribution in [0.1, 0.15) is 37.1 Å². The van der Waals surface area contributed by atoms with Gasteiger partial charge in [0, 0.05) is 105 Å². The summed E-state index contributed by atoms with van der Waals surface area (Å²) >= 11 is 0. The van der Waals surface area contributed by atoms with Crippen LogP contribution >= 0.6 is 0 Å². The van der Waals surface area contributed by atoms with Crippen molar-refractivity contribution in [1.82, 2.24) is 39.5 Å². The summed E-state index contributed by atoms with van der Waals surface area (Å²) in [4.78, 5) is 38.7. The Morgan fingerprint density at radius 1 is 0.588 bits per heavy atom. The summed E-state index contributed by atoms with van der Waals surface area (Å²) in [5, 5.41) is 8.35. The van der Waals surface area contributed by atoms with Crippen LogP contribution in [0, 0.1) is 11.6 Å². The van der Waals surface area contributed by atoms with Crippen molar-refractivity contribution in [3.63, 3.8) is 0 Å². The molecule has 0 spiro atoms. The zero-order chi connectivity index (χ0) is 47.0. The summed E-state index contributed by atoms with van der Waals surface area (Å²) in [6.45, 7) is 9.81. The first-order valence-electron chi connectivity index (χ1n) is 23.4. The number of likely N-dealkylation sites (tertiary alicyclic amines) is 2. The molecule has 0 bridgehead atoms. The molecule has 16 nitrogen and oxygen atoms in total. The summed E-state index contributed by atoms with van der Waals surface area (Å²) in [6, 6.07) is 16.7. The number of nitrogens with one attached hydrogen (secondary N) is 2. The van der Waals surface area contributed by atoms with Crippen molar-refractivity contribution >= 4 is 21.8 Å². The van der Waals surface area contributed by atoms with E-state index in [1.807, 2.05) is 12.1 Å². The summed E-state index contributed by atoms with van der Waals surface area (Å²) in [7, 11) is 3.00. The van der Waals surface area contributed by atoms with E-state index >= 15 is 0 Å². The molecule has 0 atom stereocenters. The van der Waals surface area contributed by atoms with Crippen LogP contribution in [0.3, 0.4) is 0 Å². The van der Waals surface area contributed by atoms with E-state index in [-0.39, 0.29) is 16.9 Å². The molecule has 2 aromatic carbocycles. The van der Waals surface area contributed by atoms with Gasteiger partial charge in [0.05, 0.1) is 49.0 Å². The SMILES string of the molecule is COc1cc(F)c2ccc(=O)n(CCN3CCC(NCc4cc5c(cn4)OCCO5)CC3)c2c1.COc1cc(F)cc2c1ccc(=O)n2CCN1CCC(NCc2cc3c(cn2)OCCO3)CC1. The van der Waals surface area contributed by atoms with Gasteiger partial charge in [-0.15, -0.1) is 0 Å². The minimum absolute atomic E-state index is 0.136. The molecule has 360 valence electrons. The first-order valence-corrected chi connectivity index (χ1v) is 23.4. The molecule has 0 aliphatic carbocycles. The monoisotopic (exact) mass is 936 g/mol. The number of aromatic nitrogens is 4. The van der Waals surface area contributed by atoms with Crippen LogP contribution < -0.4 is 50.2 Å². The second kappa shape index (κ2) is 21.7. The highest BCUT2D eigenvalue weighted by molar-refractivity contribution is 5.85. The van der Waals surface area contributed by atoms with E-state index in [0.29, 0.717) is 104 Å². The highest BCUT2D eigenvalue weighted by Gasteiger charge is 2.23. The quantitative estimate of drug-likeness (QED) is 0.148. The third-order valence-corrected chi connectivity index (χ3v) is 13.1. The lowest BCUT2D eigenvalue weighted by atomic mass is 10.0. The summed E-state index contributed by atoms with van der Waals surface area (Å²) in [6.07, 6.45) is 7.50. The predicted molar refractivity (Wildman–Crippen MR) is 252 cm³/mol. The van der Waals surface area contributed by atoms with Gasteiger partial charge in [0.15, 0.2) is 23.0 Å². The van der Waals surface area contributed by atoms with E-state index in [4.69, 9.17) is 28.4 Å². The highest BCUT2D eigenvalue weighted by atomic mass is 19.1. The maximum absolute atomic E-state index is 14.4. The van der Waals surface area contributed by atoms with Crippen LogP contribution in [0.15, 0.2) is 82.6 Å². The second-order valence-electron chi connectivity index (χ2n) is 17.4. The van der Waals surface area contributed by atoms with Crippen LogP contribution in [0.25, 0.3) is 21.8 Å². The molecule has 2 fully saturated rings. The average molecular weight is 937 g/mol. The second-order valence-corrected chi connectivity index (χ2v) is 17.4. The zero-order valence-electron chi connectivity index (χ0n) is 38.5. The van der Waals surface area contributed by atoms with Crippen molar-refractivity contribution in [1.29, 1.82) is 0 Å². The van der Waals surface area contributed by atoms with Crippen LogP contribution in [0.2, 0.25) is 0 Å². The Morgan fingerprint density at radius 2 is 1.07 bits per heavy atom. The number of fused-ring (bicyclic) bond motifs is 4. The summed E-state index contributed by atoms with van der Waals surface area (Å²) in [5.41, 5.74) is 2.72. The van der Waals surface area contributed by atoms with Gasteiger partial charge in [-0.2, -0.15) is 0 Å². The lowest BCUT2D eigenvalue weighted by molar-refractivity contribution is 0.170. The number of pyridine rings is 4. The molecule has 18 heteroatoms. The molecule has 2 N–H and O–H groups in total. The maximum atomic E-state index is 14.4. The van der Waals surface area contributed by atoms with Crippen LogP contribution in [-0.2, 0) is 26.2 Å². The maximum Gasteiger partial charge on any atom is 0.251 e. The number of hydrogen-bond acceptors (Lipinski definition) is 14. The topological polar surface area (TPSA) is 156 Å². The summed E-state index contributed by atoms with van der Waals surface area (Å²) in [5.74, 6) is 2.96. The van der Waals surface area contributed by atoms with Gasteiger partial charge >= 0.3 is 0 Å². The lowest BCUT2D eigenvalue weighted by Gasteiger charge is -2.32. The van der Waals surface area contributed by atoms with Gasteiger partial charge in [0.1, 0.15) is 49.6 Å². The number of halogens is 2. The Hall–Kier alpha value is -6.34. The molecule has 8 heterocycles. The standard InChI is InChI=1S/2C25H29FN4O4/c1-32-22-13-17(26)12-21-20(22)2-3-25(31)30(21)9-8-29-6-4-18(5-7-29)27-15-19-14-23-24(16-28-19)34-11-10-33-23;1-32-19-13-21(26)20-2-3-25(31)30(22(20)14-19)9-8-29-6-4-17(5-7-29)27-15-18-12-23-24(16-28-18)34-11-10-33-23/h2-3,12-14,16,18,27H,4-11,15H2,1H3;2-3,12-14,16-17,27H,4-11,15H2,1H3. The van der Waals surface area contributed by atoms with Gasteiger partial charge in [-0.25, -0.2) is 8.78 Å². The molecule has 4 aromatic heterocycles. The Morgan fingerprint density at radius 3 is 1.57 bits per heavy atom. The van der Waals surface area contributed by atoms with Crippen LogP contribution in [0.5, 0.6) is 34.5 Å². The molecular formula is C50H58F2N8O8. The van der Waals surface area contributed by atoms with Crippen molar-refractivity contribution in [3.8, 4) is 34.5 Å². The molecule has 6 aromatic rings. The average Bonchev–Trinajstić information content (AvgIpc) is 3.37. The van der Waals surface area contributed by atoms with Crippen LogP contribution in [0.4, 0.5) is 8.78 Å². The van der Waals surface area contributed by atoms with Crippen molar-refractivity contribution in [2.45, 2.75) is 63.9 Å². The van der Waals surface area contributed by atoms with E-state index in [0.717, 1.165) is 93.2 Å². The van der Waals surface area contributed by atoms with Gasteiger partial charge in [0.25, 0.3) is 11.1 Å². The molecule has 2 saturated heterocycles. The number of piperidine rings is 2. The fourth-order valence-corrected chi connectivity index (χ4v) is 9.29. The minimum Gasteiger partial charge on any atom is -0.497 e. The van der Waals surface area contributed by atoms with Gasteiger partial charge in [0.2, 0.25) is 0 Å². The highest BCUT2D eigenvalue weighted by Crippen LogP contribution is 2.31. The fraction of sp³-hybridized carbons (Fsp3) is 0.440. The van der Waals surface area contributed by atoms with E-state index < -0.39 is 5.82 Å². The Balaban J connectivity index is 0.000000170. The Bertz CT molecular complexity index is 2720. The predicted octanol–water partition coefficient (Wildman–Crippen LogP) is 5.14. The van der Waals surface area contributed by atoms with Gasteiger partial charge in [-0.05, 0) is 70.1 Å². The molecule has 0 saturated carbocycles. The third-order valence-electron chi connectivity index (χ3n) is 13.1. The number of rotatable bonds is 14. The molecule has 4 aliphatic rings. The number of benzene rings is 2. The van der Waals surface area contributed by atoms with Gasteiger partial charge in [-0.3, -0.25) is 19.6 Å². The number of hydrogen-bond donors (Lipinski definition) is 2.